The van der Waals surface area contributed by atoms with E-state index in [0.717, 1.165) is 26.2 Å². The molecule has 1 amide bonds. The SMILES string of the molecule is CCc1nc(Nc2ccc(C(=O)Nc3ccc(F)cc3)cn2)nc(N2CCN(C)CC2)n1. The van der Waals surface area contributed by atoms with Crippen molar-refractivity contribution in [3.63, 3.8) is 0 Å². The lowest BCUT2D eigenvalue weighted by atomic mass is 10.2. The maximum Gasteiger partial charge on any atom is 0.257 e. The minimum atomic E-state index is -0.361. The molecular formula is C22H25FN8O. The fourth-order valence-electron chi connectivity index (χ4n) is 3.22. The first kappa shape index (κ1) is 21.6. The van der Waals surface area contributed by atoms with Gasteiger partial charge in [-0.1, -0.05) is 6.92 Å². The minimum Gasteiger partial charge on any atom is -0.338 e. The van der Waals surface area contributed by atoms with E-state index in [1.807, 2.05) is 6.92 Å². The highest BCUT2D eigenvalue weighted by molar-refractivity contribution is 6.04. The van der Waals surface area contributed by atoms with Crippen LogP contribution in [-0.4, -0.2) is 64.0 Å². The summed E-state index contributed by atoms with van der Waals surface area (Å²) in [6.07, 6.45) is 2.15. The van der Waals surface area contributed by atoms with E-state index in [2.05, 4.69) is 47.4 Å². The Kier molecular flexibility index (Phi) is 6.50. The summed E-state index contributed by atoms with van der Waals surface area (Å²) in [7, 11) is 2.10. The maximum atomic E-state index is 13.0. The zero-order valence-corrected chi connectivity index (χ0v) is 18.0. The van der Waals surface area contributed by atoms with Crippen LogP contribution in [-0.2, 0) is 6.42 Å². The number of nitrogens with one attached hydrogen (secondary N) is 2. The van der Waals surface area contributed by atoms with E-state index >= 15 is 0 Å². The number of amides is 1. The molecule has 0 bridgehead atoms. The number of pyridine rings is 1. The number of nitrogens with zero attached hydrogens (tertiary/aromatic N) is 6. The summed E-state index contributed by atoms with van der Waals surface area (Å²) in [5, 5.41) is 5.81. The third kappa shape index (κ3) is 5.33. The highest BCUT2D eigenvalue weighted by Gasteiger charge is 2.18. The van der Waals surface area contributed by atoms with E-state index in [4.69, 9.17) is 0 Å². The Balaban J connectivity index is 1.45. The van der Waals surface area contributed by atoms with Crippen molar-refractivity contribution in [3.05, 3.63) is 59.8 Å². The molecule has 1 aliphatic heterocycles. The van der Waals surface area contributed by atoms with Gasteiger partial charge in [0, 0.05) is 44.5 Å². The summed E-state index contributed by atoms with van der Waals surface area (Å²) in [6.45, 7) is 5.63. The van der Waals surface area contributed by atoms with Gasteiger partial charge in [0.05, 0.1) is 5.56 Å². The van der Waals surface area contributed by atoms with E-state index in [9.17, 15) is 9.18 Å². The number of aromatic nitrogens is 4. The van der Waals surface area contributed by atoms with Crippen LogP contribution in [0.15, 0.2) is 42.6 Å². The van der Waals surface area contributed by atoms with Gasteiger partial charge in [0.25, 0.3) is 5.91 Å². The van der Waals surface area contributed by atoms with Crippen molar-refractivity contribution in [2.75, 3.05) is 48.8 Å². The van der Waals surface area contributed by atoms with Crippen LogP contribution in [0.4, 0.5) is 27.8 Å². The molecule has 32 heavy (non-hydrogen) atoms. The van der Waals surface area contributed by atoms with Crippen molar-refractivity contribution in [2.45, 2.75) is 13.3 Å². The Morgan fingerprint density at radius 2 is 1.78 bits per heavy atom. The van der Waals surface area contributed by atoms with Gasteiger partial charge in [0.1, 0.15) is 17.5 Å². The van der Waals surface area contributed by atoms with Crippen molar-refractivity contribution < 1.29 is 9.18 Å². The number of halogens is 1. The van der Waals surface area contributed by atoms with Gasteiger partial charge >= 0.3 is 0 Å². The molecule has 10 heteroatoms. The number of hydrogen-bond acceptors (Lipinski definition) is 8. The van der Waals surface area contributed by atoms with Gasteiger partial charge < -0.3 is 20.4 Å². The van der Waals surface area contributed by atoms with Gasteiger partial charge in [-0.25, -0.2) is 9.37 Å². The molecule has 9 nitrogen and oxygen atoms in total. The van der Waals surface area contributed by atoms with E-state index in [0.29, 0.717) is 41.2 Å². The quantitative estimate of drug-likeness (QED) is 0.609. The number of rotatable bonds is 6. The lowest BCUT2D eigenvalue weighted by Crippen LogP contribution is -2.45. The van der Waals surface area contributed by atoms with Gasteiger partial charge in [-0.05, 0) is 43.4 Å². The molecule has 4 rings (SSSR count). The Morgan fingerprint density at radius 1 is 1.03 bits per heavy atom. The molecule has 1 fully saturated rings. The maximum absolute atomic E-state index is 13.0. The third-order valence-corrected chi connectivity index (χ3v) is 5.14. The fourth-order valence-corrected chi connectivity index (χ4v) is 3.22. The van der Waals surface area contributed by atoms with Crippen LogP contribution >= 0.6 is 0 Å². The highest BCUT2D eigenvalue weighted by Crippen LogP contribution is 2.17. The second-order valence-electron chi connectivity index (χ2n) is 7.54. The standard InChI is InChI=1S/C22H25FN8O/c1-3-18-26-21(29-22(28-18)31-12-10-30(2)11-13-31)27-19-9-4-15(14-24-19)20(32)25-17-7-5-16(23)6-8-17/h4-9,14H,3,10-13H2,1-2H3,(H,25,32)(H,24,26,27,28,29). The Hall–Kier alpha value is -3.66. The predicted molar refractivity (Wildman–Crippen MR) is 121 cm³/mol. The average Bonchev–Trinajstić information content (AvgIpc) is 2.81. The fraction of sp³-hybridized carbons (Fsp3) is 0.318. The molecule has 0 saturated carbocycles. The summed E-state index contributed by atoms with van der Waals surface area (Å²) < 4.78 is 13.0. The molecule has 0 unspecified atom stereocenters. The summed E-state index contributed by atoms with van der Waals surface area (Å²) in [6, 6.07) is 8.91. The van der Waals surface area contributed by atoms with Crippen molar-refractivity contribution in [3.8, 4) is 0 Å². The van der Waals surface area contributed by atoms with Gasteiger partial charge in [0.2, 0.25) is 11.9 Å². The van der Waals surface area contributed by atoms with E-state index < -0.39 is 0 Å². The third-order valence-electron chi connectivity index (χ3n) is 5.14. The molecule has 0 spiro atoms. The minimum absolute atomic E-state index is 0.332. The molecule has 166 valence electrons. The smallest absolute Gasteiger partial charge is 0.257 e. The van der Waals surface area contributed by atoms with Gasteiger partial charge in [-0.3, -0.25) is 4.79 Å². The number of anilines is 4. The van der Waals surface area contributed by atoms with E-state index in [-0.39, 0.29) is 11.7 Å². The number of piperazine rings is 1. The number of carbonyl (C=O) groups is 1. The molecule has 2 N–H and O–H groups in total. The second kappa shape index (κ2) is 9.65. The van der Waals surface area contributed by atoms with Crippen LogP contribution in [0, 0.1) is 5.82 Å². The highest BCUT2D eigenvalue weighted by atomic mass is 19.1. The van der Waals surface area contributed by atoms with Crippen LogP contribution in [0.1, 0.15) is 23.1 Å². The largest absolute Gasteiger partial charge is 0.338 e. The monoisotopic (exact) mass is 436 g/mol. The summed E-state index contributed by atoms with van der Waals surface area (Å²) >= 11 is 0. The molecule has 0 radical (unpaired) electrons. The Labute approximate surface area is 185 Å². The zero-order valence-electron chi connectivity index (χ0n) is 18.0. The number of aryl methyl sites for hydroxylation is 1. The molecule has 3 aromatic rings. The van der Waals surface area contributed by atoms with Crippen molar-refractivity contribution in [2.24, 2.45) is 0 Å². The first-order chi connectivity index (χ1) is 15.5. The Bertz CT molecular complexity index is 1070. The normalized spacial score (nSPS) is 14.3. The first-order valence-corrected chi connectivity index (χ1v) is 10.5. The van der Waals surface area contributed by atoms with Crippen LogP contribution in [0.25, 0.3) is 0 Å². The van der Waals surface area contributed by atoms with Gasteiger partial charge in [-0.15, -0.1) is 0 Å². The lowest BCUT2D eigenvalue weighted by Gasteiger charge is -2.32. The second-order valence-corrected chi connectivity index (χ2v) is 7.54. The summed E-state index contributed by atoms with van der Waals surface area (Å²) in [5.41, 5.74) is 0.884. The Morgan fingerprint density at radius 3 is 2.44 bits per heavy atom. The average molecular weight is 436 g/mol. The zero-order chi connectivity index (χ0) is 22.5. The predicted octanol–water partition coefficient (Wildman–Crippen LogP) is 2.72. The summed E-state index contributed by atoms with van der Waals surface area (Å²) in [4.78, 5) is 34.7. The number of hydrogen-bond donors (Lipinski definition) is 2. The van der Waals surface area contributed by atoms with Crippen LogP contribution < -0.4 is 15.5 Å². The van der Waals surface area contributed by atoms with Crippen molar-refractivity contribution >= 4 is 29.3 Å². The molecule has 2 aromatic heterocycles. The molecule has 0 atom stereocenters. The first-order valence-electron chi connectivity index (χ1n) is 10.5. The van der Waals surface area contributed by atoms with Crippen molar-refractivity contribution in [1.82, 2.24) is 24.8 Å². The molecule has 1 saturated heterocycles. The van der Waals surface area contributed by atoms with E-state index in [1.165, 1.54) is 30.5 Å². The molecule has 1 aliphatic rings. The molecule has 1 aromatic carbocycles. The number of carbonyl (C=O) groups excluding carboxylic acids is 1. The van der Waals surface area contributed by atoms with Crippen LogP contribution in [0.5, 0.6) is 0 Å². The van der Waals surface area contributed by atoms with Crippen LogP contribution in [0.3, 0.4) is 0 Å². The topological polar surface area (TPSA) is 99.2 Å². The van der Waals surface area contributed by atoms with Gasteiger partial charge in [0.15, 0.2) is 0 Å². The lowest BCUT2D eigenvalue weighted by molar-refractivity contribution is 0.102. The molecule has 0 aliphatic carbocycles. The van der Waals surface area contributed by atoms with E-state index in [1.54, 1.807) is 12.1 Å². The number of benzene rings is 1. The van der Waals surface area contributed by atoms with Crippen LogP contribution in [0.2, 0.25) is 0 Å². The molecule has 3 heterocycles. The summed E-state index contributed by atoms with van der Waals surface area (Å²) in [5.74, 6) is 1.60. The molecular weight excluding hydrogens is 411 g/mol. The van der Waals surface area contributed by atoms with Crippen molar-refractivity contribution in [1.29, 1.82) is 0 Å². The van der Waals surface area contributed by atoms with Gasteiger partial charge in [-0.2, -0.15) is 15.0 Å². The number of likely N-dealkylation sites (N-methyl/N-ethyl adjacent to an activating group) is 1.